The smallest absolute Gasteiger partial charge is 0.0470 e. The number of nitrogens with zero attached hydrogens (tertiary/aromatic N) is 1. The third-order valence-corrected chi connectivity index (χ3v) is 4.56. The Morgan fingerprint density at radius 2 is 1.89 bits per heavy atom. The molecule has 1 aromatic carbocycles. The number of rotatable bonds is 7. The van der Waals surface area contributed by atoms with Gasteiger partial charge >= 0.3 is 0 Å². The van der Waals surface area contributed by atoms with Gasteiger partial charge in [0.05, 0.1) is 0 Å². The molecule has 1 aromatic rings. The van der Waals surface area contributed by atoms with E-state index >= 15 is 0 Å². The molecule has 2 N–H and O–H groups in total. The highest BCUT2D eigenvalue weighted by molar-refractivity contribution is 5.25. The molecule has 1 atom stereocenters. The number of hydrogen-bond acceptors (Lipinski definition) is 2. The third-order valence-electron chi connectivity index (χ3n) is 4.56. The van der Waals surface area contributed by atoms with Crippen LogP contribution >= 0.6 is 0 Å². The molecular weight excluding hydrogens is 232 g/mol. The Hall–Kier alpha value is -0.860. The number of nitrogens with two attached hydrogens (primary N) is 1. The zero-order valence-corrected chi connectivity index (χ0v) is 12.4. The van der Waals surface area contributed by atoms with Crippen molar-refractivity contribution in [3.8, 4) is 0 Å². The lowest BCUT2D eigenvalue weighted by atomic mass is 9.84. The van der Waals surface area contributed by atoms with Crippen LogP contribution in [0.25, 0.3) is 0 Å². The standard InChI is InChI=1S/C17H28N2/c1-3-14-8-10-16(11-9-14)17(12-18)19(4-2)13-15-6-5-7-15/h8-11,15,17H,3-7,12-13,18H2,1-2H3. The van der Waals surface area contributed by atoms with Gasteiger partial charge in [0.2, 0.25) is 0 Å². The van der Waals surface area contributed by atoms with Gasteiger partial charge in [0, 0.05) is 19.1 Å². The molecule has 0 radical (unpaired) electrons. The molecule has 0 bridgehead atoms. The molecular formula is C17H28N2. The summed E-state index contributed by atoms with van der Waals surface area (Å²) in [5, 5.41) is 0. The lowest BCUT2D eigenvalue weighted by Crippen LogP contribution is -2.38. The molecule has 0 spiro atoms. The third kappa shape index (κ3) is 3.58. The van der Waals surface area contributed by atoms with Crippen molar-refractivity contribution >= 4 is 0 Å². The van der Waals surface area contributed by atoms with Crippen molar-refractivity contribution < 1.29 is 0 Å². The predicted molar refractivity (Wildman–Crippen MR) is 82.2 cm³/mol. The van der Waals surface area contributed by atoms with Gasteiger partial charge in [0.25, 0.3) is 0 Å². The maximum absolute atomic E-state index is 6.05. The highest BCUT2D eigenvalue weighted by Gasteiger charge is 2.24. The average Bonchev–Trinajstić information content (AvgIpc) is 2.41. The van der Waals surface area contributed by atoms with E-state index in [2.05, 4.69) is 43.0 Å². The fourth-order valence-electron chi connectivity index (χ4n) is 2.96. The van der Waals surface area contributed by atoms with E-state index in [0.29, 0.717) is 12.6 Å². The molecule has 1 aliphatic carbocycles. The maximum atomic E-state index is 6.05. The van der Waals surface area contributed by atoms with Gasteiger partial charge in [-0.15, -0.1) is 0 Å². The van der Waals surface area contributed by atoms with Crippen LogP contribution < -0.4 is 5.73 Å². The Kier molecular flexibility index (Phi) is 5.41. The molecule has 2 rings (SSSR count). The van der Waals surface area contributed by atoms with Gasteiger partial charge in [-0.05, 0) is 42.9 Å². The Morgan fingerprint density at radius 3 is 2.32 bits per heavy atom. The van der Waals surface area contributed by atoms with E-state index < -0.39 is 0 Å². The first kappa shape index (κ1) is 14.5. The van der Waals surface area contributed by atoms with E-state index in [0.717, 1.165) is 18.9 Å². The molecule has 1 fully saturated rings. The van der Waals surface area contributed by atoms with Crippen LogP contribution in [0.2, 0.25) is 0 Å². The minimum Gasteiger partial charge on any atom is -0.329 e. The minimum absolute atomic E-state index is 0.386. The summed E-state index contributed by atoms with van der Waals surface area (Å²) in [6.45, 7) is 7.47. The van der Waals surface area contributed by atoms with Crippen molar-refractivity contribution in [2.75, 3.05) is 19.6 Å². The Bertz CT molecular complexity index is 367. The van der Waals surface area contributed by atoms with Crippen molar-refractivity contribution in [2.45, 2.75) is 45.6 Å². The van der Waals surface area contributed by atoms with Crippen LogP contribution in [0.4, 0.5) is 0 Å². The minimum atomic E-state index is 0.386. The largest absolute Gasteiger partial charge is 0.329 e. The van der Waals surface area contributed by atoms with Gasteiger partial charge in [-0.1, -0.05) is 44.5 Å². The molecule has 1 aliphatic rings. The van der Waals surface area contributed by atoms with Crippen molar-refractivity contribution in [3.63, 3.8) is 0 Å². The highest BCUT2D eigenvalue weighted by atomic mass is 15.2. The van der Waals surface area contributed by atoms with Crippen LogP contribution in [0.5, 0.6) is 0 Å². The van der Waals surface area contributed by atoms with Gasteiger partial charge in [0.1, 0.15) is 0 Å². The lowest BCUT2D eigenvalue weighted by molar-refractivity contribution is 0.141. The number of benzene rings is 1. The second-order valence-electron chi connectivity index (χ2n) is 5.73. The molecule has 0 saturated heterocycles. The van der Waals surface area contributed by atoms with Crippen LogP contribution in [-0.4, -0.2) is 24.5 Å². The van der Waals surface area contributed by atoms with Gasteiger partial charge in [-0.25, -0.2) is 0 Å². The van der Waals surface area contributed by atoms with E-state index in [1.54, 1.807) is 0 Å². The van der Waals surface area contributed by atoms with Crippen LogP contribution in [0, 0.1) is 5.92 Å². The molecule has 19 heavy (non-hydrogen) atoms. The van der Waals surface area contributed by atoms with Gasteiger partial charge in [0.15, 0.2) is 0 Å². The first-order chi connectivity index (χ1) is 9.28. The van der Waals surface area contributed by atoms with Crippen LogP contribution in [-0.2, 0) is 6.42 Å². The topological polar surface area (TPSA) is 29.3 Å². The fourth-order valence-corrected chi connectivity index (χ4v) is 2.96. The zero-order valence-electron chi connectivity index (χ0n) is 12.4. The summed E-state index contributed by atoms with van der Waals surface area (Å²) in [5.41, 5.74) is 8.83. The first-order valence-corrected chi connectivity index (χ1v) is 7.81. The van der Waals surface area contributed by atoms with Crippen molar-refractivity contribution in [3.05, 3.63) is 35.4 Å². The van der Waals surface area contributed by atoms with Gasteiger partial charge in [-0.3, -0.25) is 4.90 Å². The Labute approximate surface area is 118 Å². The summed E-state index contributed by atoms with van der Waals surface area (Å²) in [6.07, 6.45) is 5.33. The Morgan fingerprint density at radius 1 is 1.21 bits per heavy atom. The average molecular weight is 260 g/mol. The van der Waals surface area contributed by atoms with Gasteiger partial charge in [-0.2, -0.15) is 0 Å². The zero-order chi connectivity index (χ0) is 13.7. The monoisotopic (exact) mass is 260 g/mol. The highest BCUT2D eigenvalue weighted by Crippen LogP contribution is 2.30. The second-order valence-corrected chi connectivity index (χ2v) is 5.73. The van der Waals surface area contributed by atoms with E-state index in [9.17, 15) is 0 Å². The predicted octanol–water partition coefficient (Wildman–Crippen LogP) is 3.37. The summed E-state index contributed by atoms with van der Waals surface area (Å²) < 4.78 is 0. The van der Waals surface area contributed by atoms with Crippen LogP contribution in [0.1, 0.15) is 50.3 Å². The van der Waals surface area contributed by atoms with E-state index in [4.69, 9.17) is 5.73 Å². The summed E-state index contributed by atoms with van der Waals surface area (Å²) >= 11 is 0. The number of likely N-dealkylation sites (N-methyl/N-ethyl adjacent to an activating group) is 1. The SMILES string of the molecule is CCc1ccc(C(CN)N(CC)CC2CCC2)cc1. The summed E-state index contributed by atoms with van der Waals surface area (Å²) in [4.78, 5) is 2.56. The quantitative estimate of drug-likeness (QED) is 0.814. The molecule has 1 unspecified atom stereocenters. The summed E-state index contributed by atoms with van der Waals surface area (Å²) in [7, 11) is 0. The molecule has 2 nitrogen and oxygen atoms in total. The Balaban J connectivity index is 2.06. The van der Waals surface area contributed by atoms with Crippen LogP contribution in [0.3, 0.4) is 0 Å². The number of hydrogen-bond donors (Lipinski definition) is 1. The van der Waals surface area contributed by atoms with E-state index in [-0.39, 0.29) is 0 Å². The molecule has 0 aromatic heterocycles. The van der Waals surface area contributed by atoms with E-state index in [1.165, 1.54) is 36.9 Å². The summed E-state index contributed by atoms with van der Waals surface area (Å²) in [6, 6.07) is 9.40. The van der Waals surface area contributed by atoms with Gasteiger partial charge < -0.3 is 5.73 Å². The molecule has 1 saturated carbocycles. The van der Waals surface area contributed by atoms with Crippen molar-refractivity contribution in [2.24, 2.45) is 11.7 Å². The number of aryl methyl sites for hydroxylation is 1. The van der Waals surface area contributed by atoms with Crippen molar-refractivity contribution in [1.82, 2.24) is 4.90 Å². The molecule has 0 amide bonds. The molecule has 106 valence electrons. The summed E-state index contributed by atoms with van der Waals surface area (Å²) in [5.74, 6) is 0.906. The van der Waals surface area contributed by atoms with Crippen molar-refractivity contribution in [1.29, 1.82) is 0 Å². The van der Waals surface area contributed by atoms with Crippen LogP contribution in [0.15, 0.2) is 24.3 Å². The molecule has 0 aliphatic heterocycles. The first-order valence-electron chi connectivity index (χ1n) is 7.81. The maximum Gasteiger partial charge on any atom is 0.0470 e. The normalized spacial score (nSPS) is 17.5. The molecule has 2 heteroatoms. The molecule has 0 heterocycles. The fraction of sp³-hybridized carbons (Fsp3) is 0.647. The second kappa shape index (κ2) is 7.06. The lowest BCUT2D eigenvalue weighted by Gasteiger charge is -2.36. The van der Waals surface area contributed by atoms with E-state index in [1.807, 2.05) is 0 Å².